The van der Waals surface area contributed by atoms with E-state index in [0.29, 0.717) is 12.8 Å². The van der Waals surface area contributed by atoms with Crippen LogP contribution < -0.4 is 11.1 Å². The normalized spacial score (nSPS) is 14.0. The van der Waals surface area contributed by atoms with E-state index in [0.717, 1.165) is 25.7 Å². The van der Waals surface area contributed by atoms with E-state index >= 15 is 0 Å². The second-order valence-electron chi connectivity index (χ2n) is 5.94. The predicted octanol–water partition coefficient (Wildman–Crippen LogP) is 3.40. The van der Waals surface area contributed by atoms with E-state index in [1.54, 1.807) is 0 Å². The average Bonchev–Trinajstić information content (AvgIpc) is 2.46. The van der Waals surface area contributed by atoms with Crippen molar-refractivity contribution < 1.29 is 10.0 Å². The van der Waals surface area contributed by atoms with E-state index in [4.69, 9.17) is 10.9 Å². The summed E-state index contributed by atoms with van der Waals surface area (Å²) in [4.78, 5) is 12.7. The molecule has 0 aromatic carbocycles. The SMILES string of the molecule is CCCCCC(C)NC(=O)C(CCC)(CCC)C(N)=NO. The lowest BCUT2D eigenvalue weighted by Gasteiger charge is -2.32. The first-order chi connectivity index (χ1) is 9.98. The van der Waals surface area contributed by atoms with Gasteiger partial charge < -0.3 is 16.3 Å². The van der Waals surface area contributed by atoms with Gasteiger partial charge in [0.2, 0.25) is 5.91 Å². The fourth-order valence-corrected chi connectivity index (χ4v) is 2.81. The van der Waals surface area contributed by atoms with Crippen LogP contribution in [0.3, 0.4) is 0 Å². The first-order valence-corrected chi connectivity index (χ1v) is 8.27. The highest BCUT2D eigenvalue weighted by Gasteiger charge is 2.41. The lowest BCUT2D eigenvalue weighted by atomic mass is 9.77. The number of nitrogens with one attached hydrogen (secondary N) is 1. The molecule has 1 amide bonds. The van der Waals surface area contributed by atoms with Crippen molar-refractivity contribution in [2.24, 2.45) is 16.3 Å². The zero-order valence-electron chi connectivity index (χ0n) is 14.1. The van der Waals surface area contributed by atoms with Crippen LogP contribution in [0.15, 0.2) is 5.16 Å². The Hall–Kier alpha value is -1.26. The van der Waals surface area contributed by atoms with Crippen LogP contribution in [0.5, 0.6) is 0 Å². The van der Waals surface area contributed by atoms with Gasteiger partial charge in [-0.2, -0.15) is 0 Å². The highest BCUT2D eigenvalue weighted by molar-refractivity contribution is 6.06. The van der Waals surface area contributed by atoms with E-state index < -0.39 is 5.41 Å². The minimum absolute atomic E-state index is 0.0319. The molecule has 0 aromatic heterocycles. The zero-order chi connectivity index (χ0) is 16.3. The summed E-state index contributed by atoms with van der Waals surface area (Å²) in [5.41, 5.74) is 4.98. The van der Waals surface area contributed by atoms with Gasteiger partial charge in [-0.15, -0.1) is 0 Å². The number of rotatable bonds is 11. The molecule has 0 fully saturated rings. The van der Waals surface area contributed by atoms with Crippen molar-refractivity contribution in [1.82, 2.24) is 5.32 Å². The molecule has 124 valence electrons. The maximum atomic E-state index is 12.7. The second kappa shape index (κ2) is 10.5. The van der Waals surface area contributed by atoms with Crippen LogP contribution in [-0.4, -0.2) is 23.0 Å². The third kappa shape index (κ3) is 5.94. The summed E-state index contributed by atoms with van der Waals surface area (Å²) < 4.78 is 0. The summed E-state index contributed by atoms with van der Waals surface area (Å²) >= 11 is 0. The minimum Gasteiger partial charge on any atom is -0.409 e. The first-order valence-electron chi connectivity index (χ1n) is 8.27. The van der Waals surface area contributed by atoms with Crippen molar-refractivity contribution in [3.8, 4) is 0 Å². The van der Waals surface area contributed by atoms with Crippen molar-refractivity contribution in [3.63, 3.8) is 0 Å². The summed E-state index contributed by atoms with van der Waals surface area (Å²) in [5.74, 6) is -0.0741. The van der Waals surface area contributed by atoms with Gasteiger partial charge in [-0.3, -0.25) is 4.79 Å². The first kappa shape index (κ1) is 19.7. The Balaban J connectivity index is 4.93. The van der Waals surface area contributed by atoms with E-state index in [1.165, 1.54) is 12.8 Å². The number of amidine groups is 1. The molecule has 4 N–H and O–H groups in total. The van der Waals surface area contributed by atoms with E-state index in [2.05, 4.69) is 17.4 Å². The monoisotopic (exact) mass is 299 g/mol. The molecular formula is C16H33N3O2. The fourth-order valence-electron chi connectivity index (χ4n) is 2.81. The van der Waals surface area contributed by atoms with Gasteiger partial charge in [-0.05, 0) is 26.2 Å². The molecule has 5 nitrogen and oxygen atoms in total. The molecule has 0 saturated heterocycles. The van der Waals surface area contributed by atoms with Crippen LogP contribution in [0.25, 0.3) is 0 Å². The van der Waals surface area contributed by atoms with Gasteiger partial charge in [0.05, 0.1) is 0 Å². The molecule has 0 bridgehead atoms. The van der Waals surface area contributed by atoms with Gasteiger partial charge in [-0.1, -0.05) is 58.0 Å². The second-order valence-corrected chi connectivity index (χ2v) is 5.94. The quantitative estimate of drug-likeness (QED) is 0.180. The number of carbonyl (C=O) groups is 1. The molecule has 0 aliphatic heterocycles. The number of carbonyl (C=O) groups excluding carboxylic acids is 1. The van der Waals surface area contributed by atoms with Crippen LogP contribution in [0, 0.1) is 5.41 Å². The highest BCUT2D eigenvalue weighted by atomic mass is 16.4. The van der Waals surface area contributed by atoms with Crippen LogP contribution in [0.4, 0.5) is 0 Å². The Morgan fingerprint density at radius 3 is 2.19 bits per heavy atom. The molecule has 5 heteroatoms. The Labute approximate surface area is 129 Å². The Bertz CT molecular complexity index is 323. The Morgan fingerprint density at radius 1 is 1.19 bits per heavy atom. The van der Waals surface area contributed by atoms with Gasteiger partial charge in [0, 0.05) is 6.04 Å². The van der Waals surface area contributed by atoms with Gasteiger partial charge in [0.1, 0.15) is 5.41 Å². The predicted molar refractivity (Wildman–Crippen MR) is 87.4 cm³/mol. The fraction of sp³-hybridized carbons (Fsp3) is 0.875. The lowest BCUT2D eigenvalue weighted by Crippen LogP contribution is -2.51. The summed E-state index contributed by atoms with van der Waals surface area (Å²) in [6.45, 7) is 8.19. The minimum atomic E-state index is -0.878. The molecule has 0 radical (unpaired) electrons. The molecule has 1 atom stereocenters. The molecule has 0 aliphatic rings. The number of nitrogens with zero attached hydrogens (tertiary/aromatic N) is 1. The molecule has 0 spiro atoms. The Morgan fingerprint density at radius 2 is 1.76 bits per heavy atom. The van der Waals surface area contributed by atoms with Gasteiger partial charge in [0.25, 0.3) is 0 Å². The number of oxime groups is 1. The van der Waals surface area contributed by atoms with Crippen LogP contribution in [0.1, 0.15) is 79.1 Å². The van der Waals surface area contributed by atoms with Crippen LogP contribution in [-0.2, 0) is 4.79 Å². The molecule has 1 unspecified atom stereocenters. The Kier molecular flexibility index (Phi) is 9.84. The molecule has 21 heavy (non-hydrogen) atoms. The number of amides is 1. The van der Waals surface area contributed by atoms with Crippen LogP contribution >= 0.6 is 0 Å². The summed E-state index contributed by atoms with van der Waals surface area (Å²) in [5, 5.41) is 15.3. The smallest absolute Gasteiger partial charge is 0.234 e. The molecule has 0 heterocycles. The van der Waals surface area contributed by atoms with Crippen molar-refractivity contribution in [3.05, 3.63) is 0 Å². The lowest BCUT2D eigenvalue weighted by molar-refractivity contribution is -0.129. The summed E-state index contributed by atoms with van der Waals surface area (Å²) in [7, 11) is 0. The number of unbranched alkanes of at least 4 members (excludes halogenated alkanes) is 2. The van der Waals surface area contributed by atoms with Gasteiger partial charge in [-0.25, -0.2) is 0 Å². The van der Waals surface area contributed by atoms with Crippen molar-refractivity contribution in [2.75, 3.05) is 0 Å². The molecule has 0 rings (SSSR count). The molecule has 0 aliphatic carbocycles. The standard InChI is InChI=1S/C16H33N3O2/c1-5-8-9-10-13(4)18-15(20)16(11-6-2,12-7-3)14(17)19-21/h13,21H,5-12H2,1-4H3,(H2,17,19)(H,18,20). The largest absolute Gasteiger partial charge is 0.409 e. The van der Waals surface area contributed by atoms with E-state index in [-0.39, 0.29) is 17.8 Å². The average molecular weight is 299 g/mol. The third-order valence-corrected chi connectivity index (χ3v) is 4.00. The number of hydrogen-bond donors (Lipinski definition) is 3. The highest BCUT2D eigenvalue weighted by Crippen LogP contribution is 2.31. The topological polar surface area (TPSA) is 87.7 Å². The zero-order valence-corrected chi connectivity index (χ0v) is 14.1. The molecular weight excluding hydrogens is 266 g/mol. The summed E-state index contributed by atoms with van der Waals surface area (Å²) in [6.07, 6.45) is 7.24. The number of hydrogen-bond acceptors (Lipinski definition) is 3. The maximum absolute atomic E-state index is 12.7. The number of nitrogens with two attached hydrogens (primary N) is 1. The van der Waals surface area contributed by atoms with E-state index in [9.17, 15) is 4.79 Å². The molecule has 0 saturated carbocycles. The van der Waals surface area contributed by atoms with Gasteiger partial charge >= 0.3 is 0 Å². The third-order valence-electron chi connectivity index (χ3n) is 4.00. The van der Waals surface area contributed by atoms with Crippen molar-refractivity contribution in [2.45, 2.75) is 85.1 Å². The molecule has 0 aromatic rings. The van der Waals surface area contributed by atoms with E-state index in [1.807, 2.05) is 20.8 Å². The van der Waals surface area contributed by atoms with Crippen LogP contribution in [0.2, 0.25) is 0 Å². The van der Waals surface area contributed by atoms with Crippen molar-refractivity contribution >= 4 is 11.7 Å². The van der Waals surface area contributed by atoms with Gasteiger partial charge in [0.15, 0.2) is 5.84 Å². The van der Waals surface area contributed by atoms with Crippen molar-refractivity contribution in [1.29, 1.82) is 0 Å². The maximum Gasteiger partial charge on any atom is 0.234 e. The summed E-state index contributed by atoms with van der Waals surface area (Å²) in [6, 6.07) is 0.114.